The molecule has 146 valence electrons. The van der Waals surface area contributed by atoms with Crippen LogP contribution in [0.1, 0.15) is 5.56 Å². The van der Waals surface area contributed by atoms with Gasteiger partial charge in [0, 0.05) is 12.7 Å². The quantitative estimate of drug-likeness (QED) is 0.806. The van der Waals surface area contributed by atoms with Crippen LogP contribution in [0.2, 0.25) is 0 Å². The van der Waals surface area contributed by atoms with Gasteiger partial charge in [-0.2, -0.15) is 4.31 Å². The summed E-state index contributed by atoms with van der Waals surface area (Å²) in [4.78, 5) is 12.1. The third-order valence-electron chi connectivity index (χ3n) is 3.47. The molecule has 0 spiro atoms. The molecule has 2 aromatic carbocycles. The maximum absolute atomic E-state index is 12.4. The third kappa shape index (κ3) is 5.97. The van der Waals surface area contributed by atoms with Crippen molar-refractivity contribution in [3.8, 4) is 5.75 Å². The lowest BCUT2D eigenvalue weighted by atomic mass is 10.2. The number of carbonyl (C=O) groups excluding carboxylic acids is 1. The lowest BCUT2D eigenvalue weighted by Gasteiger charge is -2.17. The molecule has 0 aromatic heterocycles. The van der Waals surface area contributed by atoms with Crippen LogP contribution in [0.25, 0.3) is 0 Å². The second kappa shape index (κ2) is 7.97. The fourth-order valence-corrected chi connectivity index (χ4v) is 3.24. The average molecular weight is 402 g/mol. The molecule has 2 rings (SSSR count). The molecule has 0 bridgehead atoms. The SMILES string of the molecule is Cc1ccc(S(=O)(=O)N(C)CC(=O)Nc2ccc(OC(F)(F)F)cc2)cc1. The van der Waals surface area contributed by atoms with Gasteiger partial charge in [-0.25, -0.2) is 8.42 Å². The summed E-state index contributed by atoms with van der Waals surface area (Å²) in [5, 5.41) is 2.41. The maximum atomic E-state index is 12.4. The van der Waals surface area contributed by atoms with E-state index in [0.29, 0.717) is 0 Å². The van der Waals surface area contributed by atoms with Crippen LogP contribution in [0.15, 0.2) is 53.4 Å². The number of nitrogens with zero attached hydrogens (tertiary/aromatic N) is 1. The van der Waals surface area contributed by atoms with Crippen LogP contribution in [0, 0.1) is 6.92 Å². The Morgan fingerprint density at radius 1 is 1.07 bits per heavy atom. The monoisotopic (exact) mass is 402 g/mol. The Balaban J connectivity index is 1.99. The lowest BCUT2D eigenvalue weighted by molar-refractivity contribution is -0.274. The van der Waals surface area contributed by atoms with Crippen molar-refractivity contribution in [1.82, 2.24) is 4.31 Å². The highest BCUT2D eigenvalue weighted by Gasteiger charge is 2.31. The Hall–Kier alpha value is -2.59. The number of nitrogens with one attached hydrogen (secondary N) is 1. The minimum absolute atomic E-state index is 0.0528. The number of amides is 1. The Morgan fingerprint density at radius 2 is 1.63 bits per heavy atom. The molecule has 0 atom stereocenters. The van der Waals surface area contributed by atoms with Crippen molar-refractivity contribution in [1.29, 1.82) is 0 Å². The summed E-state index contributed by atoms with van der Waals surface area (Å²) in [6.07, 6.45) is -4.81. The Labute approximate surface area is 154 Å². The van der Waals surface area contributed by atoms with Crippen molar-refractivity contribution in [3.63, 3.8) is 0 Å². The largest absolute Gasteiger partial charge is 0.573 e. The predicted molar refractivity (Wildman–Crippen MR) is 92.7 cm³/mol. The zero-order chi connectivity index (χ0) is 20.2. The summed E-state index contributed by atoms with van der Waals surface area (Å²) >= 11 is 0. The van der Waals surface area contributed by atoms with Crippen molar-refractivity contribution in [2.24, 2.45) is 0 Å². The van der Waals surface area contributed by atoms with Crippen molar-refractivity contribution >= 4 is 21.6 Å². The van der Waals surface area contributed by atoms with Gasteiger partial charge in [0.25, 0.3) is 0 Å². The third-order valence-corrected chi connectivity index (χ3v) is 5.28. The minimum atomic E-state index is -4.81. The van der Waals surface area contributed by atoms with Gasteiger partial charge in [-0.05, 0) is 43.3 Å². The zero-order valence-electron chi connectivity index (χ0n) is 14.4. The molecule has 2 aromatic rings. The summed E-state index contributed by atoms with van der Waals surface area (Å²) in [6, 6.07) is 10.7. The molecule has 0 aliphatic rings. The number of ether oxygens (including phenoxy) is 1. The van der Waals surface area contributed by atoms with E-state index >= 15 is 0 Å². The van der Waals surface area contributed by atoms with Gasteiger partial charge in [0.2, 0.25) is 15.9 Å². The van der Waals surface area contributed by atoms with E-state index < -0.39 is 34.6 Å². The number of sulfonamides is 1. The first-order valence-corrected chi connectivity index (χ1v) is 9.10. The van der Waals surface area contributed by atoms with Crippen molar-refractivity contribution in [3.05, 3.63) is 54.1 Å². The molecule has 27 heavy (non-hydrogen) atoms. The molecule has 0 unspecified atom stereocenters. The highest BCUT2D eigenvalue weighted by Crippen LogP contribution is 2.24. The van der Waals surface area contributed by atoms with Crippen LogP contribution in [-0.2, 0) is 14.8 Å². The highest BCUT2D eigenvalue weighted by molar-refractivity contribution is 7.89. The molecule has 0 heterocycles. The molecular formula is C17H17F3N2O4S. The van der Waals surface area contributed by atoms with E-state index in [4.69, 9.17) is 0 Å². The summed E-state index contributed by atoms with van der Waals surface area (Å²) in [6.45, 7) is 1.36. The Morgan fingerprint density at radius 3 is 2.15 bits per heavy atom. The molecule has 6 nitrogen and oxygen atoms in total. The number of likely N-dealkylation sites (N-methyl/N-ethyl adjacent to an activating group) is 1. The number of aryl methyl sites for hydroxylation is 1. The first kappa shape index (κ1) is 20.7. The normalized spacial score (nSPS) is 12.1. The second-order valence-electron chi connectivity index (χ2n) is 5.69. The van der Waals surface area contributed by atoms with Gasteiger partial charge in [-0.3, -0.25) is 4.79 Å². The van der Waals surface area contributed by atoms with Crippen LogP contribution in [0.3, 0.4) is 0 Å². The van der Waals surface area contributed by atoms with Crippen LogP contribution in [0.5, 0.6) is 5.75 Å². The number of carbonyl (C=O) groups is 1. The predicted octanol–water partition coefficient (Wildman–Crippen LogP) is 3.15. The van der Waals surface area contributed by atoms with Gasteiger partial charge >= 0.3 is 6.36 Å². The molecule has 0 aliphatic heterocycles. The van der Waals surface area contributed by atoms with E-state index in [1.54, 1.807) is 12.1 Å². The van der Waals surface area contributed by atoms with E-state index in [0.717, 1.165) is 22.0 Å². The smallest absolute Gasteiger partial charge is 0.406 e. The van der Waals surface area contributed by atoms with Crippen LogP contribution in [0.4, 0.5) is 18.9 Å². The second-order valence-corrected chi connectivity index (χ2v) is 7.74. The van der Waals surface area contributed by atoms with Crippen LogP contribution < -0.4 is 10.1 Å². The van der Waals surface area contributed by atoms with Gasteiger partial charge in [-0.1, -0.05) is 17.7 Å². The number of hydrogen-bond donors (Lipinski definition) is 1. The number of alkyl halides is 3. The fraction of sp³-hybridized carbons (Fsp3) is 0.235. The van der Waals surface area contributed by atoms with Crippen molar-refractivity contribution in [2.45, 2.75) is 18.2 Å². The maximum Gasteiger partial charge on any atom is 0.573 e. The number of hydrogen-bond acceptors (Lipinski definition) is 4. The van der Waals surface area contributed by atoms with E-state index in [1.807, 2.05) is 6.92 Å². The first-order valence-electron chi connectivity index (χ1n) is 7.66. The highest BCUT2D eigenvalue weighted by atomic mass is 32.2. The van der Waals surface area contributed by atoms with E-state index in [-0.39, 0.29) is 10.6 Å². The van der Waals surface area contributed by atoms with Gasteiger partial charge in [0.1, 0.15) is 5.75 Å². The molecule has 0 aliphatic carbocycles. The minimum Gasteiger partial charge on any atom is -0.406 e. The first-order chi connectivity index (χ1) is 12.5. The molecule has 0 saturated heterocycles. The molecule has 10 heteroatoms. The summed E-state index contributed by atoms with van der Waals surface area (Å²) in [5.41, 5.74) is 1.10. The average Bonchev–Trinajstić information content (AvgIpc) is 2.55. The topological polar surface area (TPSA) is 75.7 Å². The van der Waals surface area contributed by atoms with E-state index in [2.05, 4.69) is 10.1 Å². The molecule has 0 fully saturated rings. The number of rotatable bonds is 6. The van der Waals surface area contributed by atoms with Gasteiger partial charge in [0.15, 0.2) is 0 Å². The summed E-state index contributed by atoms with van der Waals surface area (Å²) in [5.74, 6) is -1.07. The number of benzene rings is 2. The van der Waals surface area contributed by atoms with Crippen LogP contribution >= 0.6 is 0 Å². The Bertz CT molecular complexity index is 895. The van der Waals surface area contributed by atoms with Crippen LogP contribution in [-0.4, -0.2) is 38.6 Å². The van der Waals surface area contributed by atoms with Crippen molar-refractivity contribution < 1.29 is 31.1 Å². The molecule has 0 saturated carbocycles. The summed E-state index contributed by atoms with van der Waals surface area (Å²) in [7, 11) is -2.58. The zero-order valence-corrected chi connectivity index (χ0v) is 15.3. The van der Waals surface area contributed by atoms with Gasteiger partial charge in [0.05, 0.1) is 11.4 Å². The number of halogens is 3. The molecular weight excluding hydrogens is 385 g/mol. The molecule has 1 amide bonds. The standard InChI is InChI=1S/C17H17F3N2O4S/c1-12-3-9-15(10-4-12)27(24,25)22(2)11-16(23)21-13-5-7-14(8-6-13)26-17(18,19)20/h3-10H,11H2,1-2H3,(H,21,23). The van der Waals surface area contributed by atoms with Gasteiger partial charge < -0.3 is 10.1 Å². The fourth-order valence-electron chi connectivity index (χ4n) is 2.12. The lowest BCUT2D eigenvalue weighted by Crippen LogP contribution is -2.34. The number of anilines is 1. The Kier molecular flexibility index (Phi) is 6.11. The molecule has 0 radical (unpaired) electrons. The van der Waals surface area contributed by atoms with Crippen molar-refractivity contribution in [2.75, 3.05) is 18.9 Å². The van der Waals surface area contributed by atoms with E-state index in [9.17, 15) is 26.4 Å². The molecule has 1 N–H and O–H groups in total. The van der Waals surface area contributed by atoms with E-state index in [1.165, 1.54) is 31.3 Å². The summed E-state index contributed by atoms with van der Waals surface area (Å²) < 4.78 is 65.8. The van der Waals surface area contributed by atoms with Gasteiger partial charge in [-0.15, -0.1) is 13.2 Å².